The maximum atomic E-state index is 13.2. The number of anilines is 1. The number of halogens is 2. The van der Waals surface area contributed by atoms with Crippen molar-refractivity contribution in [3.8, 4) is 11.6 Å². The van der Waals surface area contributed by atoms with Crippen molar-refractivity contribution in [3.05, 3.63) is 82.7 Å². The number of amides is 2. The molecule has 1 atom stereocenters. The fourth-order valence-electron chi connectivity index (χ4n) is 2.36. The third kappa shape index (κ3) is 5.77. The molecular weight excluding hydrogens is 429 g/mol. The van der Waals surface area contributed by atoms with Gasteiger partial charge in [0.05, 0.1) is 18.0 Å². The summed E-state index contributed by atoms with van der Waals surface area (Å²) in [6.45, 7) is -0.0627. The Labute approximate surface area is 169 Å². The quantitative estimate of drug-likeness (QED) is 0.516. The Balaban J connectivity index is 1.50. The summed E-state index contributed by atoms with van der Waals surface area (Å²) in [5, 5.41) is 15.1. The molecule has 1 heterocycles. The minimum Gasteiger partial charge on any atom is -0.439 e. The number of benzene rings is 2. The van der Waals surface area contributed by atoms with Crippen molar-refractivity contribution in [3.63, 3.8) is 0 Å². The van der Waals surface area contributed by atoms with Crippen molar-refractivity contribution in [1.82, 2.24) is 10.3 Å². The van der Waals surface area contributed by atoms with Gasteiger partial charge in [0.1, 0.15) is 11.6 Å². The van der Waals surface area contributed by atoms with E-state index in [9.17, 15) is 14.3 Å². The van der Waals surface area contributed by atoms with Crippen molar-refractivity contribution in [1.29, 1.82) is 0 Å². The normalized spacial score (nSPS) is 11.5. The molecule has 3 aromatic rings. The lowest BCUT2D eigenvalue weighted by atomic mass is 10.1. The molecular formula is C20H17BrFN3O3. The predicted molar refractivity (Wildman–Crippen MR) is 107 cm³/mol. The molecule has 0 aliphatic carbocycles. The maximum absolute atomic E-state index is 13.2. The van der Waals surface area contributed by atoms with E-state index in [1.54, 1.807) is 24.3 Å². The number of carbonyl (C=O) groups excluding carboxylic acids is 1. The second-order valence-corrected chi connectivity index (χ2v) is 6.77. The zero-order valence-electron chi connectivity index (χ0n) is 14.6. The second-order valence-electron chi connectivity index (χ2n) is 5.85. The van der Waals surface area contributed by atoms with Gasteiger partial charge in [0, 0.05) is 17.1 Å². The van der Waals surface area contributed by atoms with Crippen LogP contribution in [0.25, 0.3) is 0 Å². The number of hydrogen-bond donors (Lipinski definition) is 3. The topological polar surface area (TPSA) is 83.5 Å². The highest BCUT2D eigenvalue weighted by Crippen LogP contribution is 2.23. The van der Waals surface area contributed by atoms with E-state index < -0.39 is 18.0 Å². The Morgan fingerprint density at radius 2 is 2.00 bits per heavy atom. The molecule has 0 fully saturated rings. The molecule has 0 aliphatic rings. The van der Waals surface area contributed by atoms with Crippen LogP contribution in [0.4, 0.5) is 14.9 Å². The zero-order valence-corrected chi connectivity index (χ0v) is 16.2. The summed E-state index contributed by atoms with van der Waals surface area (Å²) in [5.41, 5.74) is 0.843. The number of ether oxygens (including phenoxy) is 1. The first-order valence-electron chi connectivity index (χ1n) is 8.37. The molecule has 3 N–H and O–H groups in total. The minimum atomic E-state index is -1.01. The molecule has 0 saturated carbocycles. The fraction of sp³-hybridized carbons (Fsp3) is 0.100. The van der Waals surface area contributed by atoms with Crippen LogP contribution in [0.3, 0.4) is 0 Å². The third-order valence-corrected chi connectivity index (χ3v) is 4.20. The van der Waals surface area contributed by atoms with Crippen molar-refractivity contribution >= 4 is 27.6 Å². The Kier molecular flexibility index (Phi) is 6.57. The van der Waals surface area contributed by atoms with Crippen LogP contribution in [0.1, 0.15) is 11.7 Å². The van der Waals surface area contributed by atoms with Crippen LogP contribution in [0, 0.1) is 5.82 Å². The van der Waals surface area contributed by atoms with Gasteiger partial charge in [0.25, 0.3) is 0 Å². The number of nitrogens with zero attached hydrogens (tertiary/aromatic N) is 1. The molecule has 8 heteroatoms. The highest BCUT2D eigenvalue weighted by Gasteiger charge is 2.10. The van der Waals surface area contributed by atoms with Crippen LogP contribution in [-0.4, -0.2) is 22.7 Å². The Morgan fingerprint density at radius 3 is 2.71 bits per heavy atom. The van der Waals surface area contributed by atoms with E-state index >= 15 is 0 Å². The smallest absolute Gasteiger partial charge is 0.319 e. The van der Waals surface area contributed by atoms with E-state index in [-0.39, 0.29) is 6.54 Å². The number of rotatable bonds is 6. The summed E-state index contributed by atoms with van der Waals surface area (Å²) in [7, 11) is 0. The summed E-state index contributed by atoms with van der Waals surface area (Å²) in [5.74, 6) is 0.564. The SMILES string of the molecule is O=C(NCC(O)c1cccc(F)c1)Nc1ccc(Oc2cccc(Br)c2)nc1. The van der Waals surface area contributed by atoms with Crippen molar-refractivity contribution in [2.75, 3.05) is 11.9 Å². The van der Waals surface area contributed by atoms with E-state index in [1.807, 2.05) is 18.2 Å². The molecule has 28 heavy (non-hydrogen) atoms. The summed E-state index contributed by atoms with van der Waals surface area (Å²) in [6, 6.07) is 15.7. The number of carbonyl (C=O) groups is 1. The Hall–Kier alpha value is -2.97. The van der Waals surface area contributed by atoms with Crippen LogP contribution >= 0.6 is 15.9 Å². The lowest BCUT2D eigenvalue weighted by molar-refractivity contribution is 0.174. The van der Waals surface area contributed by atoms with Crippen LogP contribution in [0.15, 0.2) is 71.3 Å². The number of aromatic nitrogens is 1. The van der Waals surface area contributed by atoms with Gasteiger partial charge in [-0.25, -0.2) is 14.2 Å². The van der Waals surface area contributed by atoms with E-state index in [0.717, 1.165) is 4.47 Å². The van der Waals surface area contributed by atoms with Gasteiger partial charge in [-0.1, -0.05) is 34.1 Å². The molecule has 3 rings (SSSR count). The standard InChI is InChI=1S/C20H17BrFN3O3/c21-14-4-2-6-17(10-14)28-19-8-7-16(11-23-19)25-20(27)24-12-18(26)13-3-1-5-15(22)9-13/h1-11,18,26H,12H2,(H2,24,25,27). The Bertz CT molecular complexity index is 953. The van der Waals surface area contributed by atoms with Crippen LogP contribution < -0.4 is 15.4 Å². The number of aliphatic hydroxyl groups excluding tert-OH is 1. The molecule has 0 bridgehead atoms. The maximum Gasteiger partial charge on any atom is 0.319 e. The number of hydrogen-bond acceptors (Lipinski definition) is 4. The first-order valence-corrected chi connectivity index (χ1v) is 9.17. The predicted octanol–water partition coefficient (Wildman–Crippen LogP) is 4.63. The van der Waals surface area contributed by atoms with Gasteiger partial charge in [-0.05, 0) is 42.0 Å². The molecule has 0 saturated heterocycles. The van der Waals surface area contributed by atoms with Gasteiger partial charge in [-0.3, -0.25) is 0 Å². The lowest BCUT2D eigenvalue weighted by Gasteiger charge is -2.13. The molecule has 144 valence electrons. The fourth-order valence-corrected chi connectivity index (χ4v) is 2.74. The van der Waals surface area contributed by atoms with Crippen LogP contribution in [-0.2, 0) is 0 Å². The van der Waals surface area contributed by atoms with Gasteiger partial charge < -0.3 is 20.5 Å². The van der Waals surface area contributed by atoms with E-state index in [4.69, 9.17) is 4.74 Å². The van der Waals surface area contributed by atoms with Crippen LogP contribution in [0.2, 0.25) is 0 Å². The van der Waals surface area contributed by atoms with Gasteiger partial charge in [0.2, 0.25) is 5.88 Å². The highest BCUT2D eigenvalue weighted by molar-refractivity contribution is 9.10. The summed E-state index contributed by atoms with van der Waals surface area (Å²) < 4.78 is 19.7. The molecule has 0 radical (unpaired) electrons. The van der Waals surface area contributed by atoms with Crippen LogP contribution in [0.5, 0.6) is 11.6 Å². The van der Waals surface area contributed by atoms with Crippen molar-refractivity contribution < 1.29 is 19.0 Å². The molecule has 2 aromatic carbocycles. The lowest BCUT2D eigenvalue weighted by Crippen LogP contribution is -2.32. The average molecular weight is 446 g/mol. The van der Waals surface area contributed by atoms with Gasteiger partial charge in [0.15, 0.2) is 0 Å². The molecule has 0 aliphatic heterocycles. The summed E-state index contributed by atoms with van der Waals surface area (Å²) in [4.78, 5) is 16.1. The largest absolute Gasteiger partial charge is 0.439 e. The number of nitrogens with one attached hydrogen (secondary N) is 2. The average Bonchev–Trinajstić information content (AvgIpc) is 2.68. The molecule has 6 nitrogen and oxygen atoms in total. The number of urea groups is 1. The highest BCUT2D eigenvalue weighted by atomic mass is 79.9. The molecule has 1 aromatic heterocycles. The van der Waals surface area contributed by atoms with E-state index in [2.05, 4.69) is 31.5 Å². The number of aliphatic hydroxyl groups is 1. The number of pyridine rings is 1. The van der Waals surface area contributed by atoms with Crippen molar-refractivity contribution in [2.45, 2.75) is 6.10 Å². The molecule has 2 amide bonds. The molecule has 1 unspecified atom stereocenters. The Morgan fingerprint density at radius 1 is 1.18 bits per heavy atom. The second kappa shape index (κ2) is 9.29. The zero-order chi connectivity index (χ0) is 19.9. The van der Waals surface area contributed by atoms with E-state index in [0.29, 0.717) is 22.9 Å². The minimum absolute atomic E-state index is 0.0627. The monoisotopic (exact) mass is 445 g/mol. The first-order chi connectivity index (χ1) is 13.5. The van der Waals surface area contributed by atoms with Gasteiger partial charge >= 0.3 is 6.03 Å². The molecule has 0 spiro atoms. The van der Waals surface area contributed by atoms with Gasteiger partial charge in [-0.2, -0.15) is 0 Å². The first kappa shape index (κ1) is 19.8. The van der Waals surface area contributed by atoms with Crippen molar-refractivity contribution in [2.24, 2.45) is 0 Å². The van der Waals surface area contributed by atoms with Gasteiger partial charge in [-0.15, -0.1) is 0 Å². The summed E-state index contributed by atoms with van der Waals surface area (Å²) in [6.07, 6.45) is 0.441. The third-order valence-electron chi connectivity index (χ3n) is 3.70. The van der Waals surface area contributed by atoms with E-state index in [1.165, 1.54) is 24.4 Å². The summed E-state index contributed by atoms with van der Waals surface area (Å²) >= 11 is 3.37.